The van der Waals surface area contributed by atoms with Gasteiger partial charge in [0.05, 0.1) is 17.6 Å². The fourth-order valence-corrected chi connectivity index (χ4v) is 4.58. The first-order valence-electron chi connectivity index (χ1n) is 9.39. The second-order valence-electron chi connectivity index (χ2n) is 6.81. The molecule has 0 aliphatic carbocycles. The van der Waals surface area contributed by atoms with Crippen molar-refractivity contribution in [3.8, 4) is 0 Å². The van der Waals surface area contributed by atoms with Crippen molar-refractivity contribution in [3.05, 3.63) is 60.2 Å². The van der Waals surface area contributed by atoms with E-state index in [1.807, 2.05) is 6.07 Å². The lowest BCUT2D eigenvalue weighted by Crippen LogP contribution is -2.50. The summed E-state index contributed by atoms with van der Waals surface area (Å²) in [6.45, 7) is 0.835. The Morgan fingerprint density at radius 1 is 1.03 bits per heavy atom. The van der Waals surface area contributed by atoms with E-state index in [-0.39, 0.29) is 37.0 Å². The Labute approximate surface area is 170 Å². The molecule has 0 spiro atoms. The number of hydrogen-bond acceptors (Lipinski definition) is 6. The summed E-state index contributed by atoms with van der Waals surface area (Å²) < 4.78 is 27.3. The molecule has 1 aliphatic heterocycles. The van der Waals surface area contributed by atoms with Crippen LogP contribution in [0.3, 0.4) is 0 Å². The van der Waals surface area contributed by atoms with Gasteiger partial charge in [-0.2, -0.15) is 4.31 Å². The summed E-state index contributed by atoms with van der Waals surface area (Å²) in [5.41, 5.74) is 1.13. The van der Waals surface area contributed by atoms with Crippen LogP contribution in [0, 0.1) is 0 Å². The number of benzene rings is 2. The van der Waals surface area contributed by atoms with Crippen LogP contribution in [-0.4, -0.2) is 79.2 Å². The smallest absolute Gasteiger partial charge is 0.253 e. The van der Waals surface area contributed by atoms with Gasteiger partial charge in [-0.3, -0.25) is 4.79 Å². The van der Waals surface area contributed by atoms with Gasteiger partial charge in [0.1, 0.15) is 0 Å². The third kappa shape index (κ3) is 5.13. The number of rotatable bonds is 7. The van der Waals surface area contributed by atoms with Gasteiger partial charge in [-0.15, -0.1) is 0 Å². The lowest BCUT2D eigenvalue weighted by Gasteiger charge is -2.34. The highest BCUT2D eigenvalue weighted by Crippen LogP contribution is 2.21. The summed E-state index contributed by atoms with van der Waals surface area (Å²) in [7, 11) is -3.70. The maximum atomic E-state index is 13.0. The molecule has 2 aromatic carbocycles. The summed E-state index contributed by atoms with van der Waals surface area (Å²) in [4.78, 5) is 14.3. The Morgan fingerprint density at radius 2 is 1.72 bits per heavy atom. The van der Waals surface area contributed by atoms with Crippen molar-refractivity contribution in [2.75, 3.05) is 44.6 Å². The van der Waals surface area contributed by atoms with Crippen molar-refractivity contribution in [2.45, 2.75) is 11.0 Å². The third-order valence-corrected chi connectivity index (χ3v) is 6.67. The van der Waals surface area contributed by atoms with E-state index in [1.54, 1.807) is 41.3 Å². The zero-order valence-corrected chi connectivity index (χ0v) is 16.8. The van der Waals surface area contributed by atoms with E-state index >= 15 is 0 Å². The van der Waals surface area contributed by atoms with Crippen LogP contribution in [-0.2, 0) is 10.0 Å². The zero-order chi connectivity index (χ0) is 20.9. The lowest BCUT2D eigenvalue weighted by molar-refractivity contribution is 0.0698. The van der Waals surface area contributed by atoms with Crippen LogP contribution in [0.15, 0.2) is 59.5 Å². The number of nitrogens with one attached hydrogen (secondary N) is 1. The molecule has 29 heavy (non-hydrogen) atoms. The third-order valence-electron chi connectivity index (χ3n) is 4.77. The predicted octanol–water partition coefficient (Wildman–Crippen LogP) is 0.598. The number of aliphatic hydroxyl groups is 2. The first-order chi connectivity index (χ1) is 13.9. The first-order valence-corrected chi connectivity index (χ1v) is 10.8. The molecular weight excluding hydrogens is 394 g/mol. The molecular formula is C20H25N3O5S. The molecule has 0 aromatic heterocycles. The molecule has 3 rings (SSSR count). The second-order valence-corrected chi connectivity index (χ2v) is 8.75. The van der Waals surface area contributed by atoms with E-state index in [0.717, 1.165) is 0 Å². The van der Waals surface area contributed by atoms with Gasteiger partial charge in [0.15, 0.2) is 0 Å². The molecule has 1 fully saturated rings. The van der Waals surface area contributed by atoms with Gasteiger partial charge in [0.25, 0.3) is 5.91 Å². The van der Waals surface area contributed by atoms with Gasteiger partial charge in [-0.1, -0.05) is 24.3 Å². The molecule has 156 valence electrons. The minimum atomic E-state index is -3.70. The Balaban J connectivity index is 1.65. The van der Waals surface area contributed by atoms with Gasteiger partial charge in [-0.05, 0) is 30.3 Å². The van der Waals surface area contributed by atoms with Crippen LogP contribution in [0.5, 0.6) is 0 Å². The number of nitrogens with zero attached hydrogens (tertiary/aromatic N) is 2. The topological polar surface area (TPSA) is 110 Å². The van der Waals surface area contributed by atoms with Gasteiger partial charge in [0, 0.05) is 44.0 Å². The molecule has 2 aromatic rings. The van der Waals surface area contributed by atoms with Crippen LogP contribution in [0.4, 0.5) is 5.69 Å². The van der Waals surface area contributed by atoms with Crippen LogP contribution >= 0.6 is 0 Å². The molecule has 0 radical (unpaired) electrons. The van der Waals surface area contributed by atoms with Crippen LogP contribution in [0.25, 0.3) is 0 Å². The van der Waals surface area contributed by atoms with E-state index in [9.17, 15) is 18.3 Å². The second kappa shape index (κ2) is 9.36. The largest absolute Gasteiger partial charge is 0.394 e. The van der Waals surface area contributed by atoms with Crippen molar-refractivity contribution in [3.63, 3.8) is 0 Å². The van der Waals surface area contributed by atoms with E-state index in [0.29, 0.717) is 24.3 Å². The monoisotopic (exact) mass is 419 g/mol. The van der Waals surface area contributed by atoms with Crippen molar-refractivity contribution in [1.82, 2.24) is 9.21 Å². The molecule has 1 amide bonds. The Morgan fingerprint density at radius 3 is 2.38 bits per heavy atom. The Hall–Kier alpha value is -2.46. The van der Waals surface area contributed by atoms with Gasteiger partial charge >= 0.3 is 0 Å². The van der Waals surface area contributed by atoms with Crippen LogP contribution in [0.2, 0.25) is 0 Å². The highest BCUT2D eigenvalue weighted by atomic mass is 32.2. The molecule has 0 saturated carbocycles. The fourth-order valence-electron chi connectivity index (χ4n) is 3.11. The zero-order valence-electron chi connectivity index (χ0n) is 15.9. The highest BCUT2D eigenvalue weighted by molar-refractivity contribution is 7.89. The van der Waals surface area contributed by atoms with Crippen molar-refractivity contribution in [1.29, 1.82) is 0 Å². The summed E-state index contributed by atoms with van der Waals surface area (Å²) in [5.74, 6) is -0.101. The average Bonchev–Trinajstić information content (AvgIpc) is 2.77. The maximum absolute atomic E-state index is 13.0. The molecule has 1 heterocycles. The minimum Gasteiger partial charge on any atom is -0.394 e. The van der Waals surface area contributed by atoms with E-state index < -0.39 is 16.1 Å². The van der Waals surface area contributed by atoms with Crippen molar-refractivity contribution < 1.29 is 23.4 Å². The number of sulfonamides is 1. The molecule has 0 bridgehead atoms. The molecule has 8 nitrogen and oxygen atoms in total. The van der Waals surface area contributed by atoms with Crippen LogP contribution in [0.1, 0.15) is 10.4 Å². The number of piperazine rings is 1. The Kier molecular flexibility index (Phi) is 6.86. The summed E-state index contributed by atoms with van der Waals surface area (Å²) >= 11 is 0. The van der Waals surface area contributed by atoms with Gasteiger partial charge < -0.3 is 20.4 Å². The molecule has 1 aliphatic rings. The predicted molar refractivity (Wildman–Crippen MR) is 109 cm³/mol. The van der Waals surface area contributed by atoms with Crippen molar-refractivity contribution in [2.24, 2.45) is 0 Å². The molecule has 3 N–H and O–H groups in total. The van der Waals surface area contributed by atoms with E-state index in [1.165, 1.54) is 16.4 Å². The summed E-state index contributed by atoms with van der Waals surface area (Å²) in [6.07, 6.45) is -0.925. The Bertz CT molecular complexity index is 928. The number of carbonyl (C=O) groups is 1. The number of carbonyl (C=O) groups excluding carboxylic acids is 1. The van der Waals surface area contributed by atoms with E-state index in [2.05, 4.69) is 5.32 Å². The maximum Gasteiger partial charge on any atom is 0.253 e. The lowest BCUT2D eigenvalue weighted by atomic mass is 10.2. The average molecular weight is 420 g/mol. The highest BCUT2D eigenvalue weighted by Gasteiger charge is 2.30. The standard InChI is InChI=1S/C20H25N3O5S/c24-15-18(25)14-21-17-7-4-8-19(13-17)29(27,28)23-11-9-22(10-12-23)20(26)16-5-2-1-3-6-16/h1-8,13,18,21,24-25H,9-12,14-15H2. The van der Waals surface area contributed by atoms with Crippen LogP contribution < -0.4 is 5.32 Å². The van der Waals surface area contributed by atoms with E-state index in [4.69, 9.17) is 5.11 Å². The first kappa shape index (κ1) is 21.3. The molecule has 1 saturated heterocycles. The number of hydrogen-bond donors (Lipinski definition) is 3. The number of anilines is 1. The van der Waals surface area contributed by atoms with Gasteiger partial charge in [-0.25, -0.2) is 8.42 Å². The normalized spacial score (nSPS) is 16.4. The SMILES string of the molecule is O=C(c1ccccc1)N1CCN(S(=O)(=O)c2cccc(NCC(O)CO)c2)CC1. The summed E-state index contributed by atoms with van der Waals surface area (Å²) in [6, 6.07) is 15.3. The van der Waals surface area contributed by atoms with Gasteiger partial charge in [0.2, 0.25) is 10.0 Å². The molecule has 9 heteroatoms. The molecule has 1 unspecified atom stereocenters. The minimum absolute atomic E-state index is 0.101. The molecule has 1 atom stereocenters. The number of amides is 1. The van der Waals surface area contributed by atoms with Crippen molar-refractivity contribution >= 4 is 21.6 Å². The quantitative estimate of drug-likeness (QED) is 0.606. The number of aliphatic hydroxyl groups excluding tert-OH is 2. The fraction of sp³-hybridized carbons (Fsp3) is 0.350. The summed E-state index contributed by atoms with van der Waals surface area (Å²) in [5, 5.41) is 21.2.